The number of carbonyl (C=O) groups is 1. The molecule has 1 spiro atoms. The fourth-order valence-corrected chi connectivity index (χ4v) is 5.15. The van der Waals surface area contributed by atoms with Gasteiger partial charge in [0, 0.05) is 49.0 Å². The van der Waals surface area contributed by atoms with Crippen molar-refractivity contribution in [1.82, 2.24) is 9.97 Å². The van der Waals surface area contributed by atoms with E-state index >= 15 is 0 Å². The predicted molar refractivity (Wildman–Crippen MR) is 133 cm³/mol. The van der Waals surface area contributed by atoms with E-state index < -0.39 is 5.79 Å². The van der Waals surface area contributed by atoms with Gasteiger partial charge in [-0.25, -0.2) is 14.4 Å². The van der Waals surface area contributed by atoms with Crippen molar-refractivity contribution in [2.75, 3.05) is 36.5 Å². The maximum atomic E-state index is 13.0. The predicted octanol–water partition coefficient (Wildman–Crippen LogP) is 5.16. The van der Waals surface area contributed by atoms with Gasteiger partial charge in [0.15, 0.2) is 10.9 Å². The molecule has 0 atom stereocenters. The number of carbonyl (C=O) groups excluding carboxylic acids is 1. The summed E-state index contributed by atoms with van der Waals surface area (Å²) < 4.78 is 24.7. The molecule has 2 saturated heterocycles. The van der Waals surface area contributed by atoms with Gasteiger partial charge in [0.1, 0.15) is 16.8 Å². The molecule has 0 radical (unpaired) electrons. The standard InChI is InChI=1S/C25H24ClFN4O3S/c26-21-15-22(31-11-9-25(10-12-31)33-13-14-34-25)30-24(29-21)35-16-17-1-3-18(4-2-17)23(32)28-20-7-5-19(27)6-8-20/h1-8,15H,9-14,16H2,(H,28,32). The van der Waals surface area contributed by atoms with Crippen LogP contribution in [0.25, 0.3) is 0 Å². The highest BCUT2D eigenvalue weighted by molar-refractivity contribution is 7.98. The number of piperidine rings is 1. The summed E-state index contributed by atoms with van der Waals surface area (Å²) in [5.41, 5.74) is 2.08. The maximum Gasteiger partial charge on any atom is 0.255 e. The van der Waals surface area contributed by atoms with Gasteiger partial charge in [0.25, 0.3) is 5.91 Å². The Morgan fingerprint density at radius 2 is 1.74 bits per heavy atom. The second kappa shape index (κ2) is 10.5. The normalized spacial score (nSPS) is 17.0. The molecule has 0 aliphatic carbocycles. The molecule has 1 aromatic heterocycles. The van der Waals surface area contributed by atoms with Crippen LogP contribution in [0, 0.1) is 5.82 Å². The lowest BCUT2D eigenvalue weighted by molar-refractivity contribution is -0.169. The van der Waals surface area contributed by atoms with Crippen LogP contribution in [0.2, 0.25) is 5.15 Å². The average Bonchev–Trinajstić information content (AvgIpc) is 3.32. The molecule has 0 bridgehead atoms. The first-order valence-electron chi connectivity index (χ1n) is 11.3. The molecule has 2 aromatic carbocycles. The van der Waals surface area contributed by atoms with Gasteiger partial charge in [-0.15, -0.1) is 0 Å². The molecule has 5 rings (SSSR count). The van der Waals surface area contributed by atoms with Gasteiger partial charge in [-0.05, 0) is 42.0 Å². The lowest BCUT2D eigenvalue weighted by Gasteiger charge is -2.38. The van der Waals surface area contributed by atoms with Crippen molar-refractivity contribution >= 4 is 40.8 Å². The quantitative estimate of drug-likeness (QED) is 0.277. The van der Waals surface area contributed by atoms with E-state index in [1.165, 1.54) is 36.0 Å². The molecule has 1 N–H and O–H groups in total. The third kappa shape index (κ3) is 5.92. The summed E-state index contributed by atoms with van der Waals surface area (Å²) in [5, 5.41) is 3.75. The van der Waals surface area contributed by atoms with Crippen LogP contribution in [0.15, 0.2) is 59.8 Å². The number of nitrogens with zero attached hydrogens (tertiary/aromatic N) is 3. The zero-order valence-corrected chi connectivity index (χ0v) is 20.4. The van der Waals surface area contributed by atoms with E-state index in [1.54, 1.807) is 18.2 Å². The Hall–Kier alpha value is -2.72. The summed E-state index contributed by atoms with van der Waals surface area (Å²) in [6.07, 6.45) is 1.58. The second-order valence-corrected chi connectivity index (χ2v) is 9.70. The van der Waals surface area contributed by atoms with Crippen LogP contribution in [0.3, 0.4) is 0 Å². The fraction of sp³-hybridized carbons (Fsp3) is 0.320. The molecule has 2 aliphatic heterocycles. The van der Waals surface area contributed by atoms with Crippen LogP contribution in [0.5, 0.6) is 0 Å². The van der Waals surface area contributed by atoms with Gasteiger partial charge < -0.3 is 19.7 Å². The molecule has 2 aliphatic rings. The van der Waals surface area contributed by atoms with Crippen molar-refractivity contribution in [2.24, 2.45) is 0 Å². The average molecular weight is 515 g/mol. The smallest absolute Gasteiger partial charge is 0.255 e. The molecule has 182 valence electrons. The minimum Gasteiger partial charge on any atom is -0.356 e. The monoisotopic (exact) mass is 514 g/mol. The van der Waals surface area contributed by atoms with Crippen molar-refractivity contribution in [2.45, 2.75) is 29.5 Å². The van der Waals surface area contributed by atoms with Crippen molar-refractivity contribution < 1.29 is 18.7 Å². The summed E-state index contributed by atoms with van der Waals surface area (Å²) in [6.45, 7) is 2.86. The zero-order chi connectivity index (χ0) is 24.3. The van der Waals surface area contributed by atoms with Crippen LogP contribution >= 0.6 is 23.4 Å². The summed E-state index contributed by atoms with van der Waals surface area (Å²) in [6, 6.07) is 14.7. The van der Waals surface area contributed by atoms with Crippen LogP contribution in [-0.4, -0.2) is 48.0 Å². The third-order valence-corrected chi connectivity index (χ3v) is 7.12. The van der Waals surface area contributed by atoms with Crippen LogP contribution < -0.4 is 10.2 Å². The molecule has 0 unspecified atom stereocenters. The van der Waals surface area contributed by atoms with E-state index in [-0.39, 0.29) is 11.7 Å². The third-order valence-electron chi connectivity index (χ3n) is 6.01. The largest absolute Gasteiger partial charge is 0.356 e. The molecule has 3 heterocycles. The highest BCUT2D eigenvalue weighted by Crippen LogP contribution is 2.34. The Bertz CT molecular complexity index is 1180. The van der Waals surface area contributed by atoms with Crippen molar-refractivity contribution in [3.8, 4) is 0 Å². The number of hydrogen-bond donors (Lipinski definition) is 1. The van der Waals surface area contributed by atoms with E-state index in [9.17, 15) is 9.18 Å². The first-order valence-corrected chi connectivity index (χ1v) is 12.7. The second-order valence-electron chi connectivity index (χ2n) is 8.37. The zero-order valence-electron chi connectivity index (χ0n) is 18.9. The van der Waals surface area contributed by atoms with Crippen LogP contribution in [-0.2, 0) is 15.2 Å². The molecular formula is C25H24ClFN4O3S. The fourth-order valence-electron chi connectivity index (χ4n) is 4.11. The van der Waals surface area contributed by atoms with Gasteiger partial charge in [0.05, 0.1) is 13.2 Å². The number of anilines is 2. The number of halogens is 2. The number of amides is 1. The van der Waals surface area contributed by atoms with E-state index in [0.717, 1.165) is 37.3 Å². The van der Waals surface area contributed by atoms with Gasteiger partial charge in [0.2, 0.25) is 0 Å². The minimum atomic E-state index is -0.438. The first-order chi connectivity index (χ1) is 17.0. The van der Waals surface area contributed by atoms with E-state index in [4.69, 9.17) is 26.1 Å². The molecule has 3 aromatic rings. The summed E-state index contributed by atoms with van der Waals surface area (Å²) in [5.74, 6) is 0.388. The van der Waals surface area contributed by atoms with Gasteiger partial charge in [-0.3, -0.25) is 4.79 Å². The molecule has 35 heavy (non-hydrogen) atoms. The number of benzene rings is 2. The van der Waals surface area contributed by atoms with Crippen LogP contribution in [0.1, 0.15) is 28.8 Å². The first kappa shape index (κ1) is 24.0. The topological polar surface area (TPSA) is 76.6 Å². The molecule has 7 nitrogen and oxygen atoms in total. The lowest BCUT2D eigenvalue weighted by Crippen LogP contribution is -2.45. The molecule has 1 amide bonds. The van der Waals surface area contributed by atoms with E-state index in [0.29, 0.717) is 40.5 Å². The SMILES string of the molecule is O=C(Nc1ccc(F)cc1)c1ccc(CSc2nc(Cl)cc(N3CCC4(CC3)OCCO4)n2)cc1. The minimum absolute atomic E-state index is 0.254. The molecule has 10 heteroatoms. The molecule has 0 saturated carbocycles. The van der Waals surface area contributed by atoms with Crippen LogP contribution in [0.4, 0.5) is 15.9 Å². The Labute approximate surface area is 212 Å². The highest BCUT2D eigenvalue weighted by atomic mass is 35.5. The van der Waals surface area contributed by atoms with Gasteiger partial charge in [-0.1, -0.05) is 35.5 Å². The van der Waals surface area contributed by atoms with Gasteiger partial charge >= 0.3 is 0 Å². The number of nitrogens with one attached hydrogen (secondary N) is 1. The lowest BCUT2D eigenvalue weighted by atomic mass is 10.0. The number of aromatic nitrogens is 2. The number of rotatable bonds is 6. The summed E-state index contributed by atoms with van der Waals surface area (Å²) >= 11 is 7.78. The number of thioether (sulfide) groups is 1. The van der Waals surface area contributed by atoms with Crippen molar-refractivity contribution in [1.29, 1.82) is 0 Å². The maximum absolute atomic E-state index is 13.0. The molecular weight excluding hydrogens is 491 g/mol. The van der Waals surface area contributed by atoms with Crippen molar-refractivity contribution in [3.05, 3.63) is 76.7 Å². The van der Waals surface area contributed by atoms with E-state index in [1.807, 2.05) is 12.1 Å². The number of hydrogen-bond acceptors (Lipinski definition) is 7. The highest BCUT2D eigenvalue weighted by Gasteiger charge is 2.40. The van der Waals surface area contributed by atoms with E-state index in [2.05, 4.69) is 15.2 Å². The Morgan fingerprint density at radius 1 is 1.06 bits per heavy atom. The van der Waals surface area contributed by atoms with Crippen molar-refractivity contribution in [3.63, 3.8) is 0 Å². The number of ether oxygens (including phenoxy) is 2. The summed E-state index contributed by atoms with van der Waals surface area (Å²) in [4.78, 5) is 23.7. The summed E-state index contributed by atoms with van der Waals surface area (Å²) in [7, 11) is 0. The Morgan fingerprint density at radius 3 is 2.43 bits per heavy atom. The Balaban J connectivity index is 1.17. The Kier molecular flexibility index (Phi) is 7.19. The molecule has 2 fully saturated rings. The van der Waals surface area contributed by atoms with Gasteiger partial charge in [-0.2, -0.15) is 0 Å².